The number of H-pyrrole nitrogens is 1. The molecule has 2 aromatic carbocycles. The number of aryl methyl sites for hydroxylation is 2. The monoisotopic (exact) mass is 619 g/mol. The third kappa shape index (κ3) is 7.79. The van der Waals surface area contributed by atoms with E-state index in [2.05, 4.69) is 10.3 Å². The van der Waals surface area contributed by atoms with E-state index in [0.717, 1.165) is 11.1 Å². The molecule has 45 heavy (non-hydrogen) atoms. The van der Waals surface area contributed by atoms with E-state index in [9.17, 15) is 24.0 Å². The van der Waals surface area contributed by atoms with Gasteiger partial charge >= 0.3 is 5.69 Å². The molecule has 3 amide bonds. The van der Waals surface area contributed by atoms with Gasteiger partial charge in [0.25, 0.3) is 5.56 Å². The van der Waals surface area contributed by atoms with E-state index in [0.29, 0.717) is 42.2 Å². The number of benzene rings is 2. The second-order valence-corrected chi connectivity index (χ2v) is 11.3. The largest absolute Gasteiger partial charge is 0.493 e. The maximum Gasteiger partial charge on any atom is 0.328 e. The molecule has 0 radical (unpaired) electrons. The number of nitrogens with one attached hydrogen (secondary N) is 2. The maximum atomic E-state index is 13.3. The van der Waals surface area contributed by atoms with Gasteiger partial charge in [0, 0.05) is 38.3 Å². The Kier molecular flexibility index (Phi) is 9.67. The van der Waals surface area contributed by atoms with Crippen LogP contribution in [0, 0.1) is 6.92 Å². The van der Waals surface area contributed by atoms with Crippen LogP contribution < -0.4 is 26.0 Å². The van der Waals surface area contributed by atoms with Crippen molar-refractivity contribution in [2.75, 3.05) is 33.8 Å². The topological polar surface area (TPSA) is 152 Å². The Hall–Kier alpha value is -4.91. The zero-order valence-electron chi connectivity index (χ0n) is 25.5. The van der Waals surface area contributed by atoms with Gasteiger partial charge in [-0.2, -0.15) is 0 Å². The van der Waals surface area contributed by atoms with Crippen LogP contribution in [-0.2, 0) is 38.7 Å². The standard InChI is InChI=1S/C32H37N5O8/c1-20-15-37(32(42)34-31(20)41)18-30(40)36-12-11-24-27(16-36)44-19-22-5-4-6-23(13-22)45-25-9-7-21(14-26(25)43-3)8-10-29(39)35(2)17-28(38)33-24/h4-7,9,13-15,24,27H,8,10-12,16-19H2,1-3H3,(H,33,38)(H,34,41,42)/t24-,27-/m0/s1. The molecular formula is C32H37N5O8. The normalized spacial score (nSPS) is 19.4. The van der Waals surface area contributed by atoms with E-state index < -0.39 is 23.4 Å². The zero-order chi connectivity index (χ0) is 32.1. The molecule has 3 aliphatic heterocycles. The third-order valence-corrected chi connectivity index (χ3v) is 8.01. The van der Waals surface area contributed by atoms with Crippen LogP contribution in [-0.4, -0.2) is 83.0 Å². The molecule has 0 aliphatic carbocycles. The average Bonchev–Trinajstić information content (AvgIpc) is 3.02. The minimum Gasteiger partial charge on any atom is -0.493 e. The van der Waals surface area contributed by atoms with E-state index in [1.807, 2.05) is 36.4 Å². The third-order valence-electron chi connectivity index (χ3n) is 8.01. The molecule has 238 valence electrons. The second-order valence-electron chi connectivity index (χ2n) is 11.3. The molecule has 1 saturated heterocycles. The molecule has 2 N–H and O–H groups in total. The lowest BCUT2D eigenvalue weighted by Crippen LogP contribution is -2.57. The summed E-state index contributed by atoms with van der Waals surface area (Å²) in [6, 6.07) is 12.5. The van der Waals surface area contributed by atoms with E-state index >= 15 is 0 Å². The van der Waals surface area contributed by atoms with Crippen LogP contribution in [0.4, 0.5) is 0 Å². The van der Waals surface area contributed by atoms with Crippen molar-refractivity contribution in [3.05, 3.63) is 86.2 Å². The molecule has 4 bridgehead atoms. The van der Waals surface area contributed by atoms with Crippen molar-refractivity contribution >= 4 is 17.7 Å². The van der Waals surface area contributed by atoms with Gasteiger partial charge in [0.15, 0.2) is 11.5 Å². The zero-order valence-corrected chi connectivity index (χ0v) is 25.5. The van der Waals surface area contributed by atoms with E-state index in [1.165, 1.54) is 15.7 Å². The highest BCUT2D eigenvalue weighted by Gasteiger charge is 2.34. The molecular weight excluding hydrogens is 582 g/mol. The Morgan fingerprint density at radius 3 is 2.69 bits per heavy atom. The number of piperidine rings is 1. The molecule has 3 aliphatic rings. The Morgan fingerprint density at radius 2 is 1.89 bits per heavy atom. The summed E-state index contributed by atoms with van der Waals surface area (Å²) >= 11 is 0. The Balaban J connectivity index is 1.38. The fourth-order valence-electron chi connectivity index (χ4n) is 5.44. The number of nitrogens with zero attached hydrogens (tertiary/aromatic N) is 3. The Labute approximate surface area is 259 Å². The van der Waals surface area contributed by atoms with Crippen LogP contribution in [0.5, 0.6) is 17.2 Å². The first-order chi connectivity index (χ1) is 21.6. The van der Waals surface area contributed by atoms with Gasteiger partial charge in [-0.25, -0.2) is 4.79 Å². The summed E-state index contributed by atoms with van der Waals surface area (Å²) in [4.78, 5) is 68.4. The number of ether oxygens (including phenoxy) is 3. The lowest BCUT2D eigenvalue weighted by Gasteiger charge is -2.39. The number of carbonyl (C=O) groups excluding carboxylic acids is 3. The van der Waals surface area contributed by atoms with Crippen molar-refractivity contribution in [1.82, 2.24) is 24.7 Å². The van der Waals surface area contributed by atoms with Crippen molar-refractivity contribution in [3.63, 3.8) is 0 Å². The van der Waals surface area contributed by atoms with Crippen LogP contribution >= 0.6 is 0 Å². The summed E-state index contributed by atoms with van der Waals surface area (Å²) in [5, 5.41) is 3.00. The summed E-state index contributed by atoms with van der Waals surface area (Å²) in [5.41, 5.74) is 0.862. The number of methoxy groups -OCH3 is 1. The first kappa shape index (κ1) is 31.5. The van der Waals surface area contributed by atoms with Crippen molar-refractivity contribution in [2.45, 2.75) is 51.5 Å². The molecule has 1 fully saturated rings. The molecule has 0 saturated carbocycles. The Morgan fingerprint density at radius 1 is 1.07 bits per heavy atom. The highest BCUT2D eigenvalue weighted by molar-refractivity contribution is 5.85. The first-order valence-corrected chi connectivity index (χ1v) is 14.8. The van der Waals surface area contributed by atoms with E-state index in [4.69, 9.17) is 14.2 Å². The molecule has 2 atom stereocenters. The molecule has 6 rings (SSSR count). The lowest BCUT2D eigenvalue weighted by molar-refractivity contribution is -0.139. The van der Waals surface area contributed by atoms with Crippen LogP contribution in [0.15, 0.2) is 58.3 Å². The van der Waals surface area contributed by atoms with E-state index in [1.54, 1.807) is 32.0 Å². The number of likely N-dealkylation sites (tertiary alicyclic amines) is 1. The minimum absolute atomic E-state index is 0.128. The summed E-state index contributed by atoms with van der Waals surface area (Å²) in [6.45, 7) is 1.83. The van der Waals surface area contributed by atoms with Crippen molar-refractivity contribution in [3.8, 4) is 17.2 Å². The minimum atomic E-state index is -0.668. The SMILES string of the molecule is COc1cc2ccc1Oc1cccc(c1)CO[C@H]1CN(C(=O)Cn3cc(C)c(=O)[nH]c3=O)CC[C@@H]1NC(=O)CN(C)C(=O)CC2. The van der Waals surface area contributed by atoms with Crippen LogP contribution in [0.1, 0.15) is 29.5 Å². The number of hydrogen-bond acceptors (Lipinski definition) is 8. The van der Waals surface area contributed by atoms with Crippen molar-refractivity contribution in [1.29, 1.82) is 0 Å². The predicted octanol–water partition coefficient (Wildman–Crippen LogP) is 1.35. The molecule has 0 spiro atoms. The van der Waals surface area contributed by atoms with E-state index in [-0.39, 0.29) is 50.4 Å². The number of amides is 3. The van der Waals surface area contributed by atoms with Gasteiger partial charge in [-0.1, -0.05) is 18.2 Å². The fourth-order valence-corrected chi connectivity index (χ4v) is 5.44. The van der Waals surface area contributed by atoms with Crippen LogP contribution in [0.3, 0.4) is 0 Å². The van der Waals surface area contributed by atoms with Gasteiger partial charge < -0.3 is 29.3 Å². The summed E-state index contributed by atoms with van der Waals surface area (Å²) in [5.74, 6) is 0.782. The first-order valence-electron chi connectivity index (χ1n) is 14.8. The molecule has 4 heterocycles. The van der Waals surface area contributed by atoms with Crippen LogP contribution in [0.2, 0.25) is 0 Å². The fraction of sp³-hybridized carbons (Fsp3) is 0.406. The number of carbonyl (C=O) groups is 3. The number of fused-ring (bicyclic) bond motifs is 9. The second kappa shape index (κ2) is 13.8. The van der Waals surface area contributed by atoms with Gasteiger partial charge in [-0.3, -0.25) is 28.7 Å². The number of aromatic nitrogens is 2. The van der Waals surface area contributed by atoms with Gasteiger partial charge in [0.05, 0.1) is 32.4 Å². The lowest BCUT2D eigenvalue weighted by atomic mass is 10.0. The van der Waals surface area contributed by atoms with Gasteiger partial charge in [-0.05, 0) is 55.2 Å². The smallest absolute Gasteiger partial charge is 0.328 e. The van der Waals surface area contributed by atoms with Crippen molar-refractivity contribution < 1.29 is 28.6 Å². The summed E-state index contributed by atoms with van der Waals surface area (Å²) < 4.78 is 19.2. The predicted molar refractivity (Wildman–Crippen MR) is 163 cm³/mol. The molecule has 13 heteroatoms. The summed E-state index contributed by atoms with van der Waals surface area (Å²) in [6.07, 6.45) is 1.85. The molecule has 1 aromatic heterocycles. The number of aromatic amines is 1. The summed E-state index contributed by atoms with van der Waals surface area (Å²) in [7, 11) is 3.14. The quantitative estimate of drug-likeness (QED) is 0.446. The highest BCUT2D eigenvalue weighted by Crippen LogP contribution is 2.33. The number of likely N-dealkylation sites (N-methyl/N-ethyl adjacent to an activating group) is 1. The van der Waals surface area contributed by atoms with Crippen LogP contribution in [0.25, 0.3) is 0 Å². The van der Waals surface area contributed by atoms with Gasteiger partial charge in [0.2, 0.25) is 17.7 Å². The highest BCUT2D eigenvalue weighted by atomic mass is 16.5. The molecule has 0 unspecified atom stereocenters. The van der Waals surface area contributed by atoms with Gasteiger partial charge in [0.1, 0.15) is 12.3 Å². The average molecular weight is 620 g/mol. The Bertz CT molecular complexity index is 1700. The maximum absolute atomic E-state index is 13.3. The number of rotatable bonds is 3. The van der Waals surface area contributed by atoms with Gasteiger partial charge in [-0.15, -0.1) is 0 Å². The molecule has 3 aromatic rings. The number of hydrogen-bond donors (Lipinski definition) is 2. The van der Waals surface area contributed by atoms with Crippen molar-refractivity contribution in [2.24, 2.45) is 0 Å². The molecule has 13 nitrogen and oxygen atoms in total.